The van der Waals surface area contributed by atoms with E-state index in [1.165, 1.54) is 17.4 Å². The predicted octanol–water partition coefficient (Wildman–Crippen LogP) is 4.04. The van der Waals surface area contributed by atoms with Gasteiger partial charge in [0.05, 0.1) is 17.1 Å². The van der Waals surface area contributed by atoms with Crippen molar-refractivity contribution in [3.8, 4) is 11.8 Å². The number of halogens is 1. The number of nitrogens with one attached hydrogen (secondary N) is 1. The quantitative estimate of drug-likeness (QED) is 0.519. The van der Waals surface area contributed by atoms with Gasteiger partial charge in [-0.15, -0.1) is 11.3 Å². The van der Waals surface area contributed by atoms with Gasteiger partial charge < -0.3 is 15.8 Å². The Kier molecular flexibility index (Phi) is 6.17. The minimum Gasteiger partial charge on any atom is -0.496 e. The number of fused-ring (bicyclic) bond motifs is 1. The number of ether oxygens (including phenoxy) is 1. The molecule has 2 aromatic rings. The summed E-state index contributed by atoms with van der Waals surface area (Å²) < 4.78 is 5.89. The molecule has 0 aliphatic heterocycles. The van der Waals surface area contributed by atoms with E-state index in [0.717, 1.165) is 36.1 Å². The van der Waals surface area contributed by atoms with E-state index >= 15 is 0 Å². The molecule has 0 unspecified atom stereocenters. The lowest BCUT2D eigenvalue weighted by Crippen LogP contribution is -2.19. The molecule has 0 saturated carbocycles. The van der Waals surface area contributed by atoms with Crippen molar-refractivity contribution >= 4 is 50.2 Å². The van der Waals surface area contributed by atoms with Crippen molar-refractivity contribution in [1.29, 1.82) is 5.26 Å². The number of anilines is 1. The van der Waals surface area contributed by atoms with Crippen LogP contribution in [-0.4, -0.2) is 18.9 Å². The maximum absolute atomic E-state index is 12.7. The lowest BCUT2D eigenvalue weighted by atomic mass is 9.95. The summed E-state index contributed by atoms with van der Waals surface area (Å²) in [5, 5.41) is 12.6. The fourth-order valence-electron chi connectivity index (χ4n) is 3.17. The molecule has 3 rings (SSSR count). The van der Waals surface area contributed by atoms with Crippen LogP contribution in [0.15, 0.2) is 28.2 Å². The number of rotatable bonds is 5. The third kappa shape index (κ3) is 4.11. The second-order valence-electron chi connectivity index (χ2n) is 6.30. The van der Waals surface area contributed by atoms with E-state index in [1.54, 1.807) is 25.3 Å². The number of nitriles is 1. The summed E-state index contributed by atoms with van der Waals surface area (Å²) in [7, 11) is 1.56. The number of nitrogens with zero attached hydrogens (tertiary/aromatic N) is 1. The van der Waals surface area contributed by atoms with Gasteiger partial charge in [0.2, 0.25) is 0 Å². The number of carbonyl (C=O) groups excluding carboxylic acids is 2. The fourth-order valence-corrected chi connectivity index (χ4v) is 5.02. The van der Waals surface area contributed by atoms with Crippen molar-refractivity contribution in [2.45, 2.75) is 25.7 Å². The SMILES string of the molecule is COc1ccc(/C=C(/C#N)C(=O)Nc2sc3c(c2C(N)=O)CCCC3)cc1Br. The number of hydrogen-bond donors (Lipinski definition) is 2. The molecule has 0 saturated heterocycles. The van der Waals surface area contributed by atoms with Crippen LogP contribution in [0.5, 0.6) is 5.75 Å². The summed E-state index contributed by atoms with van der Waals surface area (Å²) >= 11 is 4.75. The molecule has 6 nitrogen and oxygen atoms in total. The second-order valence-corrected chi connectivity index (χ2v) is 8.26. The smallest absolute Gasteiger partial charge is 0.266 e. The standard InChI is InChI=1S/C20H18BrN3O3S/c1-27-15-7-6-11(9-14(15)21)8-12(10-22)19(26)24-20-17(18(23)25)13-4-2-3-5-16(13)28-20/h6-9H,2-5H2,1H3,(H2,23,25)(H,24,26)/b12-8-. The summed E-state index contributed by atoms with van der Waals surface area (Å²) in [5.41, 5.74) is 7.45. The summed E-state index contributed by atoms with van der Waals surface area (Å²) in [6.45, 7) is 0. The number of carbonyl (C=O) groups is 2. The molecule has 1 aromatic carbocycles. The zero-order valence-electron chi connectivity index (χ0n) is 15.2. The Labute approximate surface area is 175 Å². The van der Waals surface area contributed by atoms with Crippen LogP contribution >= 0.6 is 27.3 Å². The minimum absolute atomic E-state index is 0.0705. The Morgan fingerprint density at radius 1 is 1.36 bits per heavy atom. The van der Waals surface area contributed by atoms with Gasteiger partial charge in [-0.05, 0) is 70.9 Å². The Bertz CT molecular complexity index is 1020. The average molecular weight is 460 g/mol. The zero-order valence-corrected chi connectivity index (χ0v) is 17.6. The van der Waals surface area contributed by atoms with Crippen LogP contribution in [0, 0.1) is 11.3 Å². The number of thiophene rings is 1. The van der Waals surface area contributed by atoms with E-state index in [2.05, 4.69) is 21.2 Å². The molecule has 1 aliphatic carbocycles. The first-order valence-corrected chi connectivity index (χ1v) is 10.3. The summed E-state index contributed by atoms with van der Waals surface area (Å²) in [4.78, 5) is 25.7. The maximum atomic E-state index is 12.7. The van der Waals surface area contributed by atoms with Crippen molar-refractivity contribution in [3.63, 3.8) is 0 Å². The van der Waals surface area contributed by atoms with E-state index < -0.39 is 11.8 Å². The monoisotopic (exact) mass is 459 g/mol. The molecule has 8 heteroatoms. The molecule has 0 spiro atoms. The number of nitrogens with two attached hydrogens (primary N) is 1. The van der Waals surface area contributed by atoms with Crippen molar-refractivity contribution in [1.82, 2.24) is 0 Å². The highest BCUT2D eigenvalue weighted by Gasteiger charge is 2.25. The third-order valence-electron chi connectivity index (χ3n) is 4.50. The van der Waals surface area contributed by atoms with Crippen LogP contribution in [-0.2, 0) is 17.6 Å². The van der Waals surface area contributed by atoms with Crippen LogP contribution in [0.4, 0.5) is 5.00 Å². The van der Waals surface area contributed by atoms with Crippen molar-refractivity contribution in [3.05, 3.63) is 49.8 Å². The van der Waals surface area contributed by atoms with Crippen LogP contribution in [0.2, 0.25) is 0 Å². The molecular weight excluding hydrogens is 442 g/mol. The Morgan fingerprint density at radius 2 is 2.11 bits per heavy atom. The van der Waals surface area contributed by atoms with Crippen molar-refractivity contribution in [2.75, 3.05) is 12.4 Å². The van der Waals surface area contributed by atoms with Gasteiger partial charge in [-0.25, -0.2) is 0 Å². The third-order valence-corrected chi connectivity index (χ3v) is 6.32. The van der Waals surface area contributed by atoms with Gasteiger partial charge in [-0.2, -0.15) is 5.26 Å². The first-order chi connectivity index (χ1) is 13.4. The number of benzene rings is 1. The zero-order chi connectivity index (χ0) is 20.3. The van der Waals surface area contributed by atoms with Crippen molar-refractivity contribution in [2.24, 2.45) is 5.73 Å². The van der Waals surface area contributed by atoms with E-state index in [9.17, 15) is 14.9 Å². The van der Waals surface area contributed by atoms with Gasteiger partial charge in [0.1, 0.15) is 22.4 Å². The number of primary amides is 1. The van der Waals surface area contributed by atoms with Crippen LogP contribution in [0.3, 0.4) is 0 Å². The molecule has 2 amide bonds. The highest BCUT2D eigenvalue weighted by Crippen LogP contribution is 2.38. The molecule has 1 heterocycles. The topological polar surface area (TPSA) is 105 Å². The lowest BCUT2D eigenvalue weighted by Gasteiger charge is -2.11. The Balaban J connectivity index is 1.89. The van der Waals surface area contributed by atoms with Gasteiger partial charge in [-0.1, -0.05) is 6.07 Å². The number of hydrogen-bond acceptors (Lipinski definition) is 5. The molecular formula is C20H18BrN3O3S. The summed E-state index contributed by atoms with van der Waals surface area (Å²) in [6.07, 6.45) is 5.18. The lowest BCUT2D eigenvalue weighted by molar-refractivity contribution is -0.112. The van der Waals surface area contributed by atoms with Crippen LogP contribution < -0.4 is 15.8 Å². The number of methoxy groups -OCH3 is 1. The molecule has 1 aliphatic rings. The maximum Gasteiger partial charge on any atom is 0.266 e. The molecule has 0 fully saturated rings. The summed E-state index contributed by atoms with van der Waals surface area (Å²) in [6, 6.07) is 7.15. The van der Waals surface area contributed by atoms with E-state index in [1.807, 2.05) is 6.07 Å². The van der Waals surface area contributed by atoms with Crippen LogP contribution in [0.25, 0.3) is 6.08 Å². The van der Waals surface area contributed by atoms with E-state index in [4.69, 9.17) is 10.5 Å². The molecule has 28 heavy (non-hydrogen) atoms. The van der Waals surface area contributed by atoms with Gasteiger partial charge in [-0.3, -0.25) is 9.59 Å². The van der Waals surface area contributed by atoms with Crippen molar-refractivity contribution < 1.29 is 14.3 Å². The minimum atomic E-state index is -0.574. The number of amides is 2. The van der Waals surface area contributed by atoms with Gasteiger partial charge >= 0.3 is 0 Å². The molecule has 144 valence electrons. The fraction of sp³-hybridized carbons (Fsp3) is 0.250. The normalized spacial score (nSPS) is 13.4. The molecule has 0 bridgehead atoms. The average Bonchev–Trinajstić information content (AvgIpc) is 3.04. The van der Waals surface area contributed by atoms with Crippen LogP contribution in [0.1, 0.15) is 39.2 Å². The van der Waals surface area contributed by atoms with Gasteiger partial charge in [0.15, 0.2) is 0 Å². The molecule has 1 aromatic heterocycles. The predicted molar refractivity (Wildman–Crippen MR) is 112 cm³/mol. The largest absolute Gasteiger partial charge is 0.496 e. The van der Waals surface area contributed by atoms with E-state index in [0.29, 0.717) is 26.4 Å². The highest BCUT2D eigenvalue weighted by molar-refractivity contribution is 9.10. The highest BCUT2D eigenvalue weighted by atomic mass is 79.9. The molecule has 0 atom stereocenters. The first kappa shape index (κ1) is 20.1. The Morgan fingerprint density at radius 3 is 2.75 bits per heavy atom. The van der Waals surface area contributed by atoms with Gasteiger partial charge in [0.25, 0.3) is 11.8 Å². The van der Waals surface area contributed by atoms with E-state index in [-0.39, 0.29) is 5.57 Å². The van der Waals surface area contributed by atoms with Gasteiger partial charge in [0, 0.05) is 4.88 Å². The second kappa shape index (κ2) is 8.59. The first-order valence-electron chi connectivity index (χ1n) is 8.65. The molecule has 3 N–H and O–H groups in total. The number of aryl methyl sites for hydroxylation is 1. The molecule has 0 radical (unpaired) electrons. The summed E-state index contributed by atoms with van der Waals surface area (Å²) in [5.74, 6) is -0.484. The Hall–Kier alpha value is -2.63.